The van der Waals surface area contributed by atoms with E-state index in [1.807, 2.05) is 19.3 Å². The summed E-state index contributed by atoms with van der Waals surface area (Å²) in [5.74, 6) is 1.03. The monoisotopic (exact) mass is 315 g/mol. The van der Waals surface area contributed by atoms with Gasteiger partial charge in [-0.15, -0.1) is 0 Å². The lowest BCUT2D eigenvalue weighted by Crippen LogP contribution is -2.45. The number of H-pyrrole nitrogens is 1. The summed E-state index contributed by atoms with van der Waals surface area (Å²) < 4.78 is 5.77. The van der Waals surface area contributed by atoms with E-state index in [1.165, 1.54) is 11.1 Å². The Morgan fingerprint density at radius 3 is 2.61 bits per heavy atom. The first-order valence-electron chi connectivity index (χ1n) is 8.16. The molecule has 1 aliphatic rings. The van der Waals surface area contributed by atoms with E-state index in [0.29, 0.717) is 0 Å². The van der Waals surface area contributed by atoms with Crippen molar-refractivity contribution in [1.82, 2.24) is 20.5 Å². The van der Waals surface area contributed by atoms with Gasteiger partial charge >= 0.3 is 0 Å². The number of rotatable bonds is 5. The minimum absolute atomic E-state index is 0.250. The molecule has 1 saturated heterocycles. The number of aryl methyl sites for hydroxylation is 1. The highest BCUT2D eigenvalue weighted by molar-refractivity contribution is 5.40. The molecular weight excluding hydrogens is 290 g/mol. The zero-order valence-electron chi connectivity index (χ0n) is 14.0. The number of aromatic amines is 1. The molecule has 2 atom stereocenters. The Morgan fingerprint density at radius 2 is 2.00 bits per heavy atom. The smallest absolute Gasteiger partial charge is 0.128 e. The van der Waals surface area contributed by atoms with E-state index in [2.05, 4.69) is 51.4 Å². The molecule has 1 aliphatic heterocycles. The van der Waals surface area contributed by atoms with Gasteiger partial charge in [-0.1, -0.05) is 6.07 Å². The van der Waals surface area contributed by atoms with Gasteiger partial charge in [-0.2, -0.15) is 5.10 Å². The fourth-order valence-corrected chi connectivity index (χ4v) is 2.97. The number of ether oxygens (including phenoxy) is 1. The van der Waals surface area contributed by atoms with Gasteiger partial charge in [0.25, 0.3) is 0 Å². The van der Waals surface area contributed by atoms with Crippen LogP contribution in [0.2, 0.25) is 0 Å². The molecule has 6 nitrogen and oxygen atoms in total. The highest BCUT2D eigenvalue weighted by Crippen LogP contribution is 2.18. The fourth-order valence-electron chi connectivity index (χ4n) is 2.97. The second-order valence-electron chi connectivity index (χ2n) is 6.31. The van der Waals surface area contributed by atoms with Gasteiger partial charge in [-0.3, -0.25) is 5.10 Å². The zero-order chi connectivity index (χ0) is 16.2. The summed E-state index contributed by atoms with van der Waals surface area (Å²) in [5, 5.41) is 10.4. The first kappa shape index (κ1) is 16.0. The van der Waals surface area contributed by atoms with Crippen molar-refractivity contribution in [2.24, 2.45) is 0 Å². The molecule has 3 heterocycles. The lowest BCUT2D eigenvalue weighted by molar-refractivity contribution is -0.00545. The summed E-state index contributed by atoms with van der Waals surface area (Å²) in [4.78, 5) is 6.91. The molecule has 6 heteroatoms. The van der Waals surface area contributed by atoms with E-state index < -0.39 is 0 Å². The summed E-state index contributed by atoms with van der Waals surface area (Å²) in [7, 11) is 0. The maximum Gasteiger partial charge on any atom is 0.128 e. The first-order valence-corrected chi connectivity index (χ1v) is 8.16. The van der Waals surface area contributed by atoms with E-state index in [9.17, 15) is 0 Å². The van der Waals surface area contributed by atoms with Crippen LogP contribution in [0.15, 0.2) is 24.5 Å². The summed E-state index contributed by atoms with van der Waals surface area (Å²) in [6, 6.07) is 4.24. The molecule has 2 aromatic heterocycles. The van der Waals surface area contributed by atoms with Crippen LogP contribution in [0.3, 0.4) is 0 Å². The second kappa shape index (κ2) is 7.10. The van der Waals surface area contributed by atoms with Crippen molar-refractivity contribution in [3.8, 4) is 0 Å². The molecule has 0 aliphatic carbocycles. The third-order valence-electron chi connectivity index (χ3n) is 4.13. The van der Waals surface area contributed by atoms with Crippen LogP contribution in [0.25, 0.3) is 0 Å². The molecule has 2 aromatic rings. The average Bonchev–Trinajstić information content (AvgIpc) is 2.92. The number of anilines is 1. The topological polar surface area (TPSA) is 66.1 Å². The molecule has 2 unspecified atom stereocenters. The predicted molar refractivity (Wildman–Crippen MR) is 90.3 cm³/mol. The number of morpholine rings is 1. The maximum atomic E-state index is 5.77. The SMILES string of the molecule is Cc1[nH]ncc1CNCc1ccc(N2CC(C)OC(C)C2)nc1. The van der Waals surface area contributed by atoms with E-state index in [4.69, 9.17) is 4.74 Å². The van der Waals surface area contributed by atoms with Crippen LogP contribution >= 0.6 is 0 Å². The predicted octanol–water partition coefficient (Wildman–Crippen LogP) is 2.02. The van der Waals surface area contributed by atoms with E-state index in [-0.39, 0.29) is 12.2 Å². The lowest BCUT2D eigenvalue weighted by atomic mass is 10.2. The first-order chi connectivity index (χ1) is 11.1. The van der Waals surface area contributed by atoms with Gasteiger partial charge in [0.15, 0.2) is 0 Å². The number of hydrogen-bond donors (Lipinski definition) is 2. The van der Waals surface area contributed by atoms with Crippen LogP contribution in [0.1, 0.15) is 30.7 Å². The van der Waals surface area contributed by atoms with Crippen molar-refractivity contribution in [1.29, 1.82) is 0 Å². The molecular formula is C17H25N5O. The van der Waals surface area contributed by atoms with Crippen molar-refractivity contribution in [3.63, 3.8) is 0 Å². The normalized spacial score (nSPS) is 21.6. The van der Waals surface area contributed by atoms with Crippen LogP contribution in [0.5, 0.6) is 0 Å². The molecule has 23 heavy (non-hydrogen) atoms. The van der Waals surface area contributed by atoms with Gasteiger partial charge < -0.3 is 15.0 Å². The van der Waals surface area contributed by atoms with Crippen molar-refractivity contribution in [3.05, 3.63) is 41.3 Å². The Morgan fingerprint density at radius 1 is 1.22 bits per heavy atom. The molecule has 0 spiro atoms. The fraction of sp³-hybridized carbons (Fsp3) is 0.529. The van der Waals surface area contributed by atoms with Crippen molar-refractivity contribution >= 4 is 5.82 Å². The molecule has 0 saturated carbocycles. The summed E-state index contributed by atoms with van der Waals surface area (Å²) in [6.45, 7) is 9.65. The highest BCUT2D eigenvalue weighted by atomic mass is 16.5. The van der Waals surface area contributed by atoms with Crippen LogP contribution in [0.4, 0.5) is 5.82 Å². The van der Waals surface area contributed by atoms with Gasteiger partial charge in [0.05, 0.1) is 18.4 Å². The van der Waals surface area contributed by atoms with Gasteiger partial charge in [0, 0.05) is 43.6 Å². The van der Waals surface area contributed by atoms with Gasteiger partial charge in [0.1, 0.15) is 5.82 Å². The number of hydrogen-bond acceptors (Lipinski definition) is 5. The highest BCUT2D eigenvalue weighted by Gasteiger charge is 2.22. The third kappa shape index (κ3) is 4.09. The standard InChI is InChI=1S/C17H25N5O/c1-12-10-22(11-13(2)23-12)17-5-4-15(7-19-17)6-18-8-16-9-20-21-14(16)3/h4-5,7,9,12-13,18H,6,8,10-11H2,1-3H3,(H,20,21). The van der Waals surface area contributed by atoms with Gasteiger partial charge in [0.2, 0.25) is 0 Å². The largest absolute Gasteiger partial charge is 0.372 e. The molecule has 0 bridgehead atoms. The van der Waals surface area contributed by atoms with Gasteiger partial charge in [-0.05, 0) is 32.4 Å². The quantitative estimate of drug-likeness (QED) is 0.883. The number of pyridine rings is 1. The maximum absolute atomic E-state index is 5.77. The van der Waals surface area contributed by atoms with Gasteiger partial charge in [-0.25, -0.2) is 4.98 Å². The Balaban J connectivity index is 1.53. The summed E-state index contributed by atoms with van der Waals surface area (Å²) in [5.41, 5.74) is 3.50. The minimum atomic E-state index is 0.250. The van der Waals surface area contributed by atoms with E-state index in [0.717, 1.165) is 37.7 Å². The molecule has 2 N–H and O–H groups in total. The van der Waals surface area contributed by atoms with Crippen molar-refractivity contribution in [2.75, 3.05) is 18.0 Å². The van der Waals surface area contributed by atoms with Crippen molar-refractivity contribution in [2.45, 2.75) is 46.1 Å². The van der Waals surface area contributed by atoms with Crippen LogP contribution in [-0.4, -0.2) is 40.5 Å². The number of nitrogens with zero attached hydrogens (tertiary/aromatic N) is 3. The van der Waals surface area contributed by atoms with Crippen molar-refractivity contribution < 1.29 is 4.74 Å². The Labute approximate surface area is 137 Å². The zero-order valence-corrected chi connectivity index (χ0v) is 14.0. The summed E-state index contributed by atoms with van der Waals surface area (Å²) in [6.07, 6.45) is 4.32. The Kier molecular flexibility index (Phi) is 4.93. The molecule has 3 rings (SSSR count). The minimum Gasteiger partial charge on any atom is -0.372 e. The van der Waals surface area contributed by atoms with Crippen LogP contribution in [0, 0.1) is 6.92 Å². The number of nitrogens with one attached hydrogen (secondary N) is 2. The molecule has 0 aromatic carbocycles. The van der Waals surface area contributed by atoms with E-state index >= 15 is 0 Å². The number of aromatic nitrogens is 3. The summed E-state index contributed by atoms with van der Waals surface area (Å²) >= 11 is 0. The van der Waals surface area contributed by atoms with E-state index in [1.54, 1.807) is 0 Å². The Bertz CT molecular complexity index is 614. The average molecular weight is 315 g/mol. The molecule has 1 fully saturated rings. The lowest BCUT2D eigenvalue weighted by Gasteiger charge is -2.36. The molecule has 124 valence electrons. The second-order valence-corrected chi connectivity index (χ2v) is 6.31. The Hall–Kier alpha value is -1.92. The van der Waals surface area contributed by atoms with Crippen LogP contribution in [-0.2, 0) is 17.8 Å². The third-order valence-corrected chi connectivity index (χ3v) is 4.13. The molecule has 0 radical (unpaired) electrons. The van der Waals surface area contributed by atoms with Crippen LogP contribution < -0.4 is 10.2 Å². The molecule has 0 amide bonds.